The van der Waals surface area contributed by atoms with E-state index in [2.05, 4.69) is 9.72 Å². The predicted octanol–water partition coefficient (Wildman–Crippen LogP) is 2.21. The summed E-state index contributed by atoms with van der Waals surface area (Å²) in [4.78, 5) is 14.7. The Kier molecular flexibility index (Phi) is 4.52. The van der Waals surface area contributed by atoms with Crippen molar-refractivity contribution in [1.29, 1.82) is 0 Å². The molecular formula is C11H12F3NO3. The predicted molar refractivity (Wildman–Crippen MR) is 56.1 cm³/mol. The van der Waals surface area contributed by atoms with E-state index in [1.807, 2.05) is 0 Å². The fourth-order valence-electron chi connectivity index (χ4n) is 1.36. The molecule has 0 N–H and O–H groups in total. The first kappa shape index (κ1) is 14.3. The van der Waals surface area contributed by atoms with Crippen LogP contribution in [0.4, 0.5) is 13.2 Å². The molecule has 100 valence electrons. The minimum atomic E-state index is -4.57. The highest BCUT2D eigenvalue weighted by Crippen LogP contribution is 2.33. The number of carbonyl (C=O) groups excluding carboxylic acids is 1. The Labute approximate surface area is 102 Å². The largest absolute Gasteiger partial charge is 0.481 e. The zero-order chi connectivity index (χ0) is 13.8. The number of hydrogen-bond acceptors (Lipinski definition) is 4. The molecule has 0 saturated heterocycles. The van der Waals surface area contributed by atoms with Crippen LogP contribution in [0.1, 0.15) is 18.1 Å². The quantitative estimate of drug-likeness (QED) is 0.781. The van der Waals surface area contributed by atoms with Gasteiger partial charge < -0.3 is 9.47 Å². The molecule has 1 heterocycles. The monoisotopic (exact) mass is 263 g/mol. The second kappa shape index (κ2) is 5.70. The van der Waals surface area contributed by atoms with E-state index in [0.717, 1.165) is 6.07 Å². The Morgan fingerprint density at radius 3 is 2.61 bits per heavy atom. The van der Waals surface area contributed by atoms with Gasteiger partial charge in [0.05, 0.1) is 25.7 Å². The molecule has 1 aromatic heterocycles. The van der Waals surface area contributed by atoms with Crippen LogP contribution in [0, 0.1) is 0 Å². The van der Waals surface area contributed by atoms with Crippen LogP contribution in [0.25, 0.3) is 0 Å². The topological polar surface area (TPSA) is 48.4 Å². The Balaban J connectivity index is 3.08. The van der Waals surface area contributed by atoms with Crippen molar-refractivity contribution in [1.82, 2.24) is 4.98 Å². The van der Waals surface area contributed by atoms with Crippen molar-refractivity contribution in [3.05, 3.63) is 23.4 Å². The molecule has 0 amide bonds. The van der Waals surface area contributed by atoms with Gasteiger partial charge in [-0.1, -0.05) is 0 Å². The number of carbonyl (C=O) groups is 1. The lowest BCUT2D eigenvalue weighted by Crippen LogP contribution is -2.15. The van der Waals surface area contributed by atoms with Gasteiger partial charge in [-0.2, -0.15) is 13.2 Å². The number of hydrogen-bond donors (Lipinski definition) is 0. The maximum Gasteiger partial charge on any atom is 0.418 e. The summed E-state index contributed by atoms with van der Waals surface area (Å²) in [6.45, 7) is 1.69. The molecule has 0 unspecified atom stereocenters. The Hall–Kier alpha value is -1.79. The first-order valence-electron chi connectivity index (χ1n) is 5.14. The molecule has 0 aliphatic rings. The molecule has 0 aliphatic heterocycles. The third-order valence-corrected chi connectivity index (χ3v) is 2.12. The molecule has 7 heteroatoms. The van der Waals surface area contributed by atoms with Gasteiger partial charge in [0.15, 0.2) is 0 Å². The Morgan fingerprint density at radius 1 is 1.44 bits per heavy atom. The summed E-state index contributed by atoms with van der Waals surface area (Å²) in [7, 11) is 1.28. The highest BCUT2D eigenvalue weighted by molar-refractivity contribution is 5.73. The van der Waals surface area contributed by atoms with Crippen LogP contribution in [-0.2, 0) is 22.1 Å². The van der Waals surface area contributed by atoms with Crippen LogP contribution >= 0.6 is 0 Å². The third kappa shape index (κ3) is 3.61. The lowest BCUT2D eigenvalue weighted by molar-refractivity contribution is -0.143. The molecule has 0 aliphatic carbocycles. The van der Waals surface area contributed by atoms with E-state index in [1.54, 1.807) is 6.92 Å². The fraction of sp³-hybridized carbons (Fsp3) is 0.455. The number of pyridine rings is 1. The highest BCUT2D eigenvalue weighted by Gasteiger charge is 2.34. The Bertz CT molecular complexity index is 432. The van der Waals surface area contributed by atoms with E-state index >= 15 is 0 Å². The number of rotatable bonds is 4. The average Bonchev–Trinajstić information content (AvgIpc) is 2.27. The van der Waals surface area contributed by atoms with E-state index in [-0.39, 0.29) is 18.1 Å². The maximum atomic E-state index is 12.7. The average molecular weight is 263 g/mol. The zero-order valence-electron chi connectivity index (χ0n) is 9.87. The lowest BCUT2D eigenvalue weighted by atomic mass is 10.1. The maximum absolute atomic E-state index is 12.7. The summed E-state index contributed by atoms with van der Waals surface area (Å²) in [6, 6.07) is 1.08. The van der Waals surface area contributed by atoms with Gasteiger partial charge in [-0.3, -0.25) is 4.79 Å². The van der Waals surface area contributed by atoms with Gasteiger partial charge in [-0.05, 0) is 12.5 Å². The summed E-state index contributed by atoms with van der Waals surface area (Å²) in [5.74, 6) is -0.710. The second-order valence-electron chi connectivity index (χ2n) is 3.36. The standard InChI is InChI=1S/C11H12F3NO3/c1-3-18-10(16)5-7-4-9(17-2)15-6-8(7)11(12,13)14/h4,6H,3,5H2,1-2H3. The molecular weight excluding hydrogens is 251 g/mol. The molecule has 0 aromatic carbocycles. The van der Waals surface area contributed by atoms with Gasteiger partial charge in [-0.15, -0.1) is 0 Å². The highest BCUT2D eigenvalue weighted by atomic mass is 19.4. The molecule has 0 atom stereocenters. The zero-order valence-corrected chi connectivity index (χ0v) is 9.87. The number of esters is 1. The summed E-state index contributed by atoms with van der Waals surface area (Å²) >= 11 is 0. The van der Waals surface area contributed by atoms with Gasteiger partial charge in [0.1, 0.15) is 0 Å². The van der Waals surface area contributed by atoms with Crippen LogP contribution in [0.3, 0.4) is 0 Å². The van der Waals surface area contributed by atoms with Gasteiger partial charge in [0.25, 0.3) is 0 Å². The van der Waals surface area contributed by atoms with Crippen molar-refractivity contribution >= 4 is 5.97 Å². The van der Waals surface area contributed by atoms with Gasteiger partial charge in [0.2, 0.25) is 5.88 Å². The number of halogens is 3. The Morgan fingerprint density at radius 2 is 2.11 bits per heavy atom. The van der Waals surface area contributed by atoms with E-state index < -0.39 is 24.1 Å². The van der Waals surface area contributed by atoms with Crippen LogP contribution in [-0.4, -0.2) is 24.7 Å². The first-order valence-corrected chi connectivity index (χ1v) is 5.14. The van der Waals surface area contributed by atoms with E-state index in [9.17, 15) is 18.0 Å². The molecule has 0 saturated carbocycles. The molecule has 1 aromatic rings. The number of nitrogens with zero attached hydrogens (tertiary/aromatic N) is 1. The van der Waals surface area contributed by atoms with Crippen LogP contribution in [0.5, 0.6) is 5.88 Å². The normalized spacial score (nSPS) is 11.2. The lowest BCUT2D eigenvalue weighted by Gasteiger charge is -2.12. The summed E-state index contributed by atoms with van der Waals surface area (Å²) < 4.78 is 47.4. The summed E-state index contributed by atoms with van der Waals surface area (Å²) in [6.07, 6.45) is -4.39. The van der Waals surface area contributed by atoms with Crippen molar-refractivity contribution in [2.75, 3.05) is 13.7 Å². The summed E-state index contributed by atoms with van der Waals surface area (Å²) in [5, 5.41) is 0. The minimum Gasteiger partial charge on any atom is -0.481 e. The SMILES string of the molecule is CCOC(=O)Cc1cc(OC)ncc1C(F)(F)F. The van der Waals surface area contributed by atoms with E-state index in [4.69, 9.17) is 4.74 Å². The van der Waals surface area contributed by atoms with Crippen molar-refractivity contribution in [2.24, 2.45) is 0 Å². The first-order chi connectivity index (χ1) is 8.38. The smallest absolute Gasteiger partial charge is 0.418 e. The molecule has 0 bridgehead atoms. The number of methoxy groups -OCH3 is 1. The number of ether oxygens (including phenoxy) is 2. The van der Waals surface area contributed by atoms with Crippen LogP contribution < -0.4 is 4.74 Å². The van der Waals surface area contributed by atoms with Crippen molar-refractivity contribution < 1.29 is 27.4 Å². The van der Waals surface area contributed by atoms with Gasteiger partial charge in [-0.25, -0.2) is 4.98 Å². The minimum absolute atomic E-state index is 0.0160. The van der Waals surface area contributed by atoms with E-state index in [0.29, 0.717) is 6.20 Å². The number of alkyl halides is 3. The molecule has 1 rings (SSSR count). The molecule has 0 radical (unpaired) electrons. The summed E-state index contributed by atoms with van der Waals surface area (Å²) in [5.41, 5.74) is -1.18. The van der Waals surface area contributed by atoms with Gasteiger partial charge >= 0.3 is 12.1 Å². The third-order valence-electron chi connectivity index (χ3n) is 2.12. The molecule has 0 fully saturated rings. The van der Waals surface area contributed by atoms with Crippen molar-refractivity contribution in [3.63, 3.8) is 0 Å². The van der Waals surface area contributed by atoms with Crippen molar-refractivity contribution in [3.8, 4) is 5.88 Å². The molecule has 0 spiro atoms. The van der Waals surface area contributed by atoms with Crippen LogP contribution in [0.15, 0.2) is 12.3 Å². The van der Waals surface area contributed by atoms with Gasteiger partial charge in [0, 0.05) is 12.3 Å². The van der Waals surface area contributed by atoms with E-state index in [1.165, 1.54) is 7.11 Å². The fourth-order valence-corrected chi connectivity index (χ4v) is 1.36. The molecule has 18 heavy (non-hydrogen) atoms. The number of aromatic nitrogens is 1. The second-order valence-corrected chi connectivity index (χ2v) is 3.36. The molecule has 4 nitrogen and oxygen atoms in total. The van der Waals surface area contributed by atoms with Crippen molar-refractivity contribution in [2.45, 2.75) is 19.5 Å². The van der Waals surface area contributed by atoms with Crippen LogP contribution in [0.2, 0.25) is 0 Å².